The number of carbonyl (C=O) groups excluding carboxylic acids is 1. The molecule has 0 spiro atoms. The van der Waals surface area contributed by atoms with Crippen LogP contribution in [0.3, 0.4) is 0 Å². The molecule has 1 aromatic rings. The summed E-state index contributed by atoms with van der Waals surface area (Å²) in [5, 5.41) is 9.20. The van der Waals surface area contributed by atoms with Crippen molar-refractivity contribution in [3.63, 3.8) is 0 Å². The molecule has 0 aliphatic heterocycles. The lowest BCUT2D eigenvalue weighted by Crippen LogP contribution is -1.91. The Kier molecular flexibility index (Phi) is 3.33. The molecule has 1 N–H and O–H groups in total. The minimum Gasteiger partial charge on any atom is -0.507 e. The van der Waals surface area contributed by atoms with Gasteiger partial charge in [0.05, 0.1) is 5.56 Å². The number of aromatic hydroxyl groups is 1. The fourth-order valence-corrected chi connectivity index (χ4v) is 1.66. The number of para-hydroxylation sites is 1. The lowest BCUT2D eigenvalue weighted by Gasteiger charge is -2.01. The predicted molar refractivity (Wildman–Crippen MR) is 51.1 cm³/mol. The summed E-state index contributed by atoms with van der Waals surface area (Å²) < 4.78 is 0. The molecule has 5 heteroatoms. The zero-order chi connectivity index (χ0) is 9.14. The van der Waals surface area contributed by atoms with Gasteiger partial charge < -0.3 is 5.11 Å². The van der Waals surface area contributed by atoms with E-state index in [4.69, 9.17) is 22.5 Å². The second-order valence-electron chi connectivity index (χ2n) is 2.06. The molecule has 0 heterocycles. The summed E-state index contributed by atoms with van der Waals surface area (Å²) in [5.74, 6) is -0.0868. The van der Waals surface area contributed by atoms with Gasteiger partial charge in [-0.3, -0.25) is 4.79 Å². The van der Waals surface area contributed by atoms with Crippen molar-refractivity contribution in [3.05, 3.63) is 29.8 Å². The van der Waals surface area contributed by atoms with Gasteiger partial charge in [0, 0.05) is 0 Å². The fourth-order valence-electron chi connectivity index (χ4n) is 0.746. The lowest BCUT2D eigenvalue weighted by molar-refractivity contribution is 0.108. The summed E-state index contributed by atoms with van der Waals surface area (Å²) in [4.78, 5) is 11.2. The van der Waals surface area contributed by atoms with Crippen molar-refractivity contribution in [1.29, 1.82) is 0 Å². The molecule has 0 radical (unpaired) electrons. The molecule has 0 aliphatic rings. The highest BCUT2D eigenvalue weighted by Crippen LogP contribution is 2.50. The average molecular weight is 223 g/mol. The van der Waals surface area contributed by atoms with Crippen LogP contribution in [0.1, 0.15) is 10.4 Å². The van der Waals surface area contributed by atoms with Gasteiger partial charge in [-0.15, -0.1) is 0 Å². The number of rotatable bonds is 2. The number of benzene rings is 1. The summed E-state index contributed by atoms with van der Waals surface area (Å²) in [7, 11) is 0. The highest BCUT2D eigenvalue weighted by atomic mass is 35.9. The number of hydrogen-bond donors (Lipinski definition) is 1. The largest absolute Gasteiger partial charge is 0.507 e. The van der Waals surface area contributed by atoms with Crippen LogP contribution in [0.25, 0.3) is 0 Å². The lowest BCUT2D eigenvalue weighted by atomic mass is 10.2. The van der Waals surface area contributed by atoms with Gasteiger partial charge in [0.15, 0.2) is 6.63 Å². The standard InChI is InChI=1S/C7H5Cl2O2P/c8-12(9)7(11)5-3-1-2-4-6(5)10/h1-4,10H. The molecule has 12 heavy (non-hydrogen) atoms. The van der Waals surface area contributed by atoms with Crippen molar-refractivity contribution < 1.29 is 9.90 Å². The molecule has 0 saturated heterocycles. The molecule has 0 fully saturated rings. The van der Waals surface area contributed by atoms with Crippen LogP contribution in [-0.4, -0.2) is 10.6 Å². The van der Waals surface area contributed by atoms with Crippen molar-refractivity contribution in [3.8, 4) is 5.75 Å². The first-order chi connectivity index (χ1) is 5.63. The summed E-state index contributed by atoms with van der Waals surface area (Å²) in [6, 6.07) is 6.16. The Morgan fingerprint density at radius 2 is 1.92 bits per heavy atom. The molecule has 64 valence electrons. The third-order valence-electron chi connectivity index (χ3n) is 1.29. The average Bonchev–Trinajstić information content (AvgIpc) is 2.04. The Bertz CT molecular complexity index is 301. The topological polar surface area (TPSA) is 37.3 Å². The van der Waals surface area contributed by atoms with Gasteiger partial charge in [-0.2, -0.15) is 0 Å². The van der Waals surface area contributed by atoms with Crippen LogP contribution in [0.15, 0.2) is 24.3 Å². The van der Waals surface area contributed by atoms with Gasteiger partial charge in [-0.05, 0) is 12.1 Å². The Balaban J connectivity index is 3.03. The molecule has 0 saturated carbocycles. The maximum absolute atomic E-state index is 11.2. The van der Waals surface area contributed by atoms with E-state index in [1.807, 2.05) is 0 Å². The van der Waals surface area contributed by atoms with Crippen LogP contribution >= 0.6 is 29.1 Å². The van der Waals surface area contributed by atoms with Gasteiger partial charge in [0.25, 0.3) is 0 Å². The normalized spacial score (nSPS) is 10.2. The number of halogens is 2. The van der Waals surface area contributed by atoms with E-state index in [-0.39, 0.29) is 11.3 Å². The number of carbonyl (C=O) groups is 1. The maximum Gasteiger partial charge on any atom is 0.219 e. The van der Waals surface area contributed by atoms with Crippen molar-refractivity contribution in [1.82, 2.24) is 0 Å². The molecule has 1 rings (SSSR count). The second-order valence-corrected chi connectivity index (χ2v) is 5.47. The second kappa shape index (κ2) is 4.08. The van der Waals surface area contributed by atoms with E-state index in [1.54, 1.807) is 12.1 Å². The van der Waals surface area contributed by atoms with E-state index >= 15 is 0 Å². The highest BCUT2D eigenvalue weighted by Gasteiger charge is 2.17. The summed E-state index contributed by atoms with van der Waals surface area (Å²) >= 11 is 10.8. The molecule has 0 atom stereocenters. The predicted octanol–water partition coefficient (Wildman–Crippen LogP) is 3.32. The molecular weight excluding hydrogens is 218 g/mol. The monoisotopic (exact) mass is 222 g/mol. The zero-order valence-electron chi connectivity index (χ0n) is 5.87. The first-order valence-corrected chi connectivity index (χ1v) is 6.22. The number of phenolic OH excluding ortho intramolecular Hbond substituents is 1. The van der Waals surface area contributed by atoms with Crippen LogP contribution in [0.4, 0.5) is 0 Å². The minimum absolute atomic E-state index is 0.0868. The minimum atomic E-state index is -1.71. The SMILES string of the molecule is O=C(c1ccccc1O)P(Cl)Cl. The maximum atomic E-state index is 11.2. The van der Waals surface area contributed by atoms with Gasteiger partial charge in [-0.1, -0.05) is 34.6 Å². The fraction of sp³-hybridized carbons (Fsp3) is 0. The van der Waals surface area contributed by atoms with Gasteiger partial charge >= 0.3 is 0 Å². The van der Waals surface area contributed by atoms with Crippen molar-refractivity contribution in [2.24, 2.45) is 0 Å². The Hall–Kier alpha value is -0.300. The van der Waals surface area contributed by atoms with Crippen LogP contribution in [0.5, 0.6) is 5.75 Å². The Morgan fingerprint density at radius 3 is 2.42 bits per heavy atom. The molecule has 0 aliphatic carbocycles. The van der Waals surface area contributed by atoms with Crippen molar-refractivity contribution in [2.45, 2.75) is 0 Å². The molecule has 0 amide bonds. The quantitative estimate of drug-likeness (QED) is 0.780. The van der Waals surface area contributed by atoms with E-state index in [1.165, 1.54) is 12.1 Å². The van der Waals surface area contributed by atoms with Crippen molar-refractivity contribution >= 4 is 34.6 Å². The molecule has 1 aromatic carbocycles. The first kappa shape index (κ1) is 9.79. The van der Waals surface area contributed by atoms with Crippen molar-refractivity contribution in [2.75, 3.05) is 0 Å². The molecular formula is C7H5Cl2O2P. The third-order valence-corrected chi connectivity index (χ3v) is 2.76. The zero-order valence-corrected chi connectivity index (χ0v) is 8.27. The molecule has 0 bridgehead atoms. The Morgan fingerprint density at radius 1 is 1.33 bits per heavy atom. The van der Waals surface area contributed by atoms with E-state index in [2.05, 4.69) is 0 Å². The van der Waals surface area contributed by atoms with Crippen LogP contribution in [0.2, 0.25) is 0 Å². The van der Waals surface area contributed by atoms with Gasteiger partial charge in [0.2, 0.25) is 5.52 Å². The summed E-state index contributed by atoms with van der Waals surface area (Å²) in [5.41, 5.74) is -0.250. The number of hydrogen-bond acceptors (Lipinski definition) is 2. The van der Waals surface area contributed by atoms with Crippen LogP contribution in [-0.2, 0) is 0 Å². The van der Waals surface area contributed by atoms with E-state index in [0.717, 1.165) is 0 Å². The highest BCUT2D eigenvalue weighted by molar-refractivity contribution is 8.15. The number of phenols is 1. The third kappa shape index (κ3) is 2.10. The first-order valence-electron chi connectivity index (χ1n) is 3.07. The Labute approximate surface area is 80.4 Å². The summed E-state index contributed by atoms with van der Waals surface area (Å²) in [6.45, 7) is -1.71. The van der Waals surface area contributed by atoms with Crippen LogP contribution < -0.4 is 0 Å². The van der Waals surface area contributed by atoms with Crippen LogP contribution in [0, 0.1) is 0 Å². The van der Waals surface area contributed by atoms with Gasteiger partial charge in [0.1, 0.15) is 5.75 Å². The smallest absolute Gasteiger partial charge is 0.219 e. The molecule has 0 unspecified atom stereocenters. The molecule has 2 nitrogen and oxygen atoms in total. The summed E-state index contributed by atoms with van der Waals surface area (Å²) in [6.07, 6.45) is 0. The van der Waals surface area contributed by atoms with Gasteiger partial charge in [-0.25, -0.2) is 0 Å². The molecule has 0 aromatic heterocycles. The van der Waals surface area contributed by atoms with E-state index in [0.29, 0.717) is 0 Å². The van der Waals surface area contributed by atoms with E-state index < -0.39 is 12.2 Å². The van der Waals surface area contributed by atoms with E-state index in [9.17, 15) is 9.90 Å².